The largest absolute Gasteiger partial charge is 0.492 e. The van der Waals surface area contributed by atoms with Gasteiger partial charge < -0.3 is 24.7 Å². The van der Waals surface area contributed by atoms with E-state index in [-0.39, 0.29) is 5.91 Å². The number of carbonyl (C=O) groups excluding carboxylic acids is 1. The normalized spacial score (nSPS) is 13.8. The third kappa shape index (κ3) is 5.85. The quantitative estimate of drug-likeness (QED) is 0.316. The van der Waals surface area contributed by atoms with Crippen molar-refractivity contribution in [3.8, 4) is 11.6 Å². The third-order valence-electron chi connectivity index (χ3n) is 6.50. The van der Waals surface area contributed by atoms with Gasteiger partial charge in [-0.05, 0) is 55.8 Å². The summed E-state index contributed by atoms with van der Waals surface area (Å²) in [6.45, 7) is 12.5. The summed E-state index contributed by atoms with van der Waals surface area (Å²) in [7, 11) is 0. The Kier molecular flexibility index (Phi) is 7.67. The predicted octanol–water partition coefficient (Wildman–Crippen LogP) is 4.62. The van der Waals surface area contributed by atoms with E-state index in [4.69, 9.17) is 14.5 Å². The summed E-state index contributed by atoms with van der Waals surface area (Å²) in [5, 5.41) is 7.17. The number of ether oxygens (including phenoxy) is 2. The lowest BCUT2D eigenvalue weighted by Crippen LogP contribution is -2.38. The van der Waals surface area contributed by atoms with Gasteiger partial charge in [0.2, 0.25) is 11.9 Å². The molecule has 38 heavy (non-hydrogen) atoms. The molecule has 2 aromatic heterocycles. The summed E-state index contributed by atoms with van der Waals surface area (Å²) >= 11 is 0. The fourth-order valence-electron chi connectivity index (χ4n) is 4.49. The summed E-state index contributed by atoms with van der Waals surface area (Å²) in [6, 6.07) is 13.6. The van der Waals surface area contributed by atoms with Gasteiger partial charge in [-0.25, -0.2) is 4.98 Å². The van der Waals surface area contributed by atoms with Gasteiger partial charge in [0.1, 0.15) is 18.2 Å². The van der Waals surface area contributed by atoms with Crippen LogP contribution in [0, 0.1) is 13.8 Å². The number of anilines is 3. The number of fused-ring (bicyclic) bond motifs is 1. The summed E-state index contributed by atoms with van der Waals surface area (Å²) in [6.07, 6.45) is 5.12. The molecule has 1 aliphatic rings. The average molecular weight is 513 g/mol. The Morgan fingerprint density at radius 1 is 1.13 bits per heavy atom. The minimum absolute atomic E-state index is 0.240. The molecule has 1 amide bonds. The van der Waals surface area contributed by atoms with Crippen LogP contribution in [0.4, 0.5) is 17.3 Å². The van der Waals surface area contributed by atoms with E-state index < -0.39 is 0 Å². The van der Waals surface area contributed by atoms with Gasteiger partial charge in [-0.15, -0.1) is 0 Å². The Morgan fingerprint density at radius 2 is 1.97 bits per heavy atom. The monoisotopic (exact) mass is 512 g/mol. The standard InChI is InChI=1S/C29H32N6O3/c1-4-27(36)31-23-8-9-26-25(17-23)21(3)19-35(26)28-20(2)18-30-29(33-28)32-22-6-5-7-24(16-22)38-15-12-34-10-13-37-14-11-34/h4-9,16-19H,1,10-15H2,2-3H3,(H,31,36)(H,30,32,33). The summed E-state index contributed by atoms with van der Waals surface area (Å²) in [4.78, 5) is 23.4. The molecule has 0 unspecified atom stereocenters. The first-order chi connectivity index (χ1) is 18.5. The van der Waals surface area contributed by atoms with Crippen molar-refractivity contribution in [1.82, 2.24) is 19.4 Å². The highest BCUT2D eigenvalue weighted by Gasteiger charge is 2.14. The highest BCUT2D eigenvalue weighted by molar-refractivity contribution is 6.00. The average Bonchev–Trinajstić information content (AvgIpc) is 3.26. The fraction of sp³-hybridized carbons (Fsp3) is 0.276. The molecule has 2 aromatic carbocycles. The van der Waals surface area contributed by atoms with Gasteiger partial charge >= 0.3 is 0 Å². The zero-order valence-corrected chi connectivity index (χ0v) is 21.7. The number of morpholine rings is 1. The predicted molar refractivity (Wildman–Crippen MR) is 150 cm³/mol. The Labute approximate surface area is 222 Å². The molecule has 3 heterocycles. The molecule has 0 aliphatic carbocycles. The van der Waals surface area contributed by atoms with Crippen molar-refractivity contribution >= 4 is 34.1 Å². The van der Waals surface area contributed by atoms with E-state index in [1.54, 1.807) is 0 Å². The molecule has 4 aromatic rings. The van der Waals surface area contributed by atoms with Gasteiger partial charge in [0.25, 0.3) is 0 Å². The molecule has 0 radical (unpaired) electrons. The second-order valence-electron chi connectivity index (χ2n) is 9.26. The molecule has 9 nitrogen and oxygen atoms in total. The van der Waals surface area contributed by atoms with E-state index in [1.807, 2.05) is 68.7 Å². The van der Waals surface area contributed by atoms with Gasteiger partial charge in [0.05, 0.1) is 18.7 Å². The lowest BCUT2D eigenvalue weighted by molar-refractivity contribution is -0.111. The van der Waals surface area contributed by atoms with Crippen molar-refractivity contribution in [3.63, 3.8) is 0 Å². The van der Waals surface area contributed by atoms with E-state index in [9.17, 15) is 4.79 Å². The number of amides is 1. The molecule has 196 valence electrons. The number of carbonyl (C=O) groups is 1. The SMILES string of the molecule is C=CC(=O)Nc1ccc2c(c1)c(C)cn2-c1nc(Nc2cccc(OCCN3CCOCC3)c2)ncc1C. The minimum Gasteiger partial charge on any atom is -0.492 e. The van der Waals surface area contributed by atoms with Crippen LogP contribution in [-0.4, -0.2) is 64.8 Å². The van der Waals surface area contributed by atoms with E-state index in [2.05, 4.69) is 31.7 Å². The van der Waals surface area contributed by atoms with Crippen LogP contribution in [0.15, 0.2) is 67.5 Å². The topological polar surface area (TPSA) is 93.5 Å². The number of hydrogen-bond acceptors (Lipinski definition) is 7. The molecule has 1 aliphatic heterocycles. The van der Waals surface area contributed by atoms with Crippen LogP contribution in [0.2, 0.25) is 0 Å². The Hall–Kier alpha value is -4.21. The lowest BCUT2D eigenvalue weighted by atomic mass is 10.1. The molecule has 0 atom stereocenters. The van der Waals surface area contributed by atoms with Crippen LogP contribution < -0.4 is 15.4 Å². The van der Waals surface area contributed by atoms with Crippen LogP contribution in [0.5, 0.6) is 5.75 Å². The Bertz CT molecular complexity index is 1460. The zero-order chi connectivity index (χ0) is 26.5. The van der Waals surface area contributed by atoms with Crippen LogP contribution in [0.25, 0.3) is 16.7 Å². The molecule has 0 spiro atoms. The number of aromatic nitrogens is 3. The molecular formula is C29H32N6O3. The van der Waals surface area contributed by atoms with E-state index >= 15 is 0 Å². The van der Waals surface area contributed by atoms with Crippen LogP contribution in [0.3, 0.4) is 0 Å². The fourth-order valence-corrected chi connectivity index (χ4v) is 4.49. The molecule has 9 heteroatoms. The van der Waals surface area contributed by atoms with Gasteiger partial charge in [-0.3, -0.25) is 9.69 Å². The maximum atomic E-state index is 11.7. The first kappa shape index (κ1) is 25.4. The van der Waals surface area contributed by atoms with Gasteiger partial charge in [0.15, 0.2) is 0 Å². The molecule has 0 saturated carbocycles. The Morgan fingerprint density at radius 3 is 2.79 bits per heavy atom. The lowest BCUT2D eigenvalue weighted by Gasteiger charge is -2.26. The van der Waals surface area contributed by atoms with Gasteiger partial charge in [-0.2, -0.15) is 4.98 Å². The maximum absolute atomic E-state index is 11.7. The molecular weight excluding hydrogens is 480 g/mol. The summed E-state index contributed by atoms with van der Waals surface area (Å²) < 4.78 is 13.4. The van der Waals surface area contributed by atoms with Crippen molar-refractivity contribution in [2.75, 3.05) is 50.1 Å². The minimum atomic E-state index is -0.240. The molecule has 1 fully saturated rings. The second-order valence-corrected chi connectivity index (χ2v) is 9.26. The number of hydrogen-bond donors (Lipinski definition) is 2. The van der Waals surface area contributed by atoms with Crippen molar-refractivity contribution in [3.05, 3.63) is 78.6 Å². The zero-order valence-electron chi connectivity index (χ0n) is 21.7. The summed E-state index contributed by atoms with van der Waals surface area (Å²) in [5.41, 5.74) is 4.57. The first-order valence-corrected chi connectivity index (χ1v) is 12.7. The number of aryl methyl sites for hydroxylation is 2. The molecule has 1 saturated heterocycles. The van der Waals surface area contributed by atoms with Gasteiger partial charge in [0, 0.05) is 60.4 Å². The first-order valence-electron chi connectivity index (χ1n) is 12.7. The Balaban J connectivity index is 1.33. The highest BCUT2D eigenvalue weighted by Crippen LogP contribution is 2.28. The van der Waals surface area contributed by atoms with Crippen molar-refractivity contribution in [2.24, 2.45) is 0 Å². The number of nitrogens with one attached hydrogen (secondary N) is 2. The van der Waals surface area contributed by atoms with Crippen molar-refractivity contribution in [1.29, 1.82) is 0 Å². The molecule has 2 N–H and O–H groups in total. The highest BCUT2D eigenvalue weighted by atomic mass is 16.5. The number of rotatable bonds is 9. The number of benzene rings is 2. The second kappa shape index (κ2) is 11.5. The van der Waals surface area contributed by atoms with E-state index in [1.165, 1.54) is 6.08 Å². The number of nitrogens with zero attached hydrogens (tertiary/aromatic N) is 4. The van der Waals surface area contributed by atoms with Gasteiger partial charge in [-0.1, -0.05) is 12.6 Å². The van der Waals surface area contributed by atoms with E-state index in [0.29, 0.717) is 12.6 Å². The summed E-state index contributed by atoms with van der Waals surface area (Å²) in [5.74, 6) is 1.82. The third-order valence-corrected chi connectivity index (χ3v) is 6.50. The maximum Gasteiger partial charge on any atom is 0.247 e. The van der Waals surface area contributed by atoms with Crippen molar-refractivity contribution in [2.45, 2.75) is 13.8 Å². The van der Waals surface area contributed by atoms with Crippen LogP contribution >= 0.6 is 0 Å². The molecule has 0 bridgehead atoms. The molecule has 5 rings (SSSR count). The van der Waals surface area contributed by atoms with Crippen molar-refractivity contribution < 1.29 is 14.3 Å². The van der Waals surface area contributed by atoms with Crippen LogP contribution in [-0.2, 0) is 9.53 Å². The smallest absolute Gasteiger partial charge is 0.247 e. The van der Waals surface area contributed by atoms with Crippen LogP contribution in [0.1, 0.15) is 11.1 Å². The van der Waals surface area contributed by atoms with E-state index in [0.717, 1.165) is 77.8 Å².